The highest BCUT2D eigenvalue weighted by atomic mass is 79.9. The van der Waals surface area contributed by atoms with Gasteiger partial charge < -0.3 is 4.90 Å². The van der Waals surface area contributed by atoms with Crippen LogP contribution in [0.25, 0.3) is 16.8 Å². The molecular formula is C15H15BrN4. The summed E-state index contributed by atoms with van der Waals surface area (Å²) in [5, 5.41) is 0. The number of hydrogen-bond acceptors (Lipinski definition) is 3. The third kappa shape index (κ3) is 1.97. The minimum absolute atomic E-state index is 0.650. The molecule has 5 heteroatoms. The van der Waals surface area contributed by atoms with Gasteiger partial charge in [0.25, 0.3) is 0 Å². The van der Waals surface area contributed by atoms with Crippen LogP contribution < -0.4 is 4.90 Å². The van der Waals surface area contributed by atoms with Crippen molar-refractivity contribution < 1.29 is 0 Å². The molecule has 0 aliphatic carbocycles. The average molecular weight is 331 g/mol. The topological polar surface area (TPSA) is 33.4 Å². The number of fused-ring (bicyclic) bond motifs is 3. The van der Waals surface area contributed by atoms with E-state index in [2.05, 4.69) is 48.5 Å². The molecule has 0 N–H and O–H groups in total. The molecule has 0 spiro atoms. The molecule has 20 heavy (non-hydrogen) atoms. The standard InChI is InChI=1S/C15H15BrN4/c16-11-5-8-19(9-6-11)14-7-10-20-13-4-2-1-3-12(13)17-15(20)18-14/h1-4,7,10-11H,5-6,8-9H2. The summed E-state index contributed by atoms with van der Waals surface area (Å²) in [6.45, 7) is 2.11. The van der Waals surface area contributed by atoms with Gasteiger partial charge in [-0.15, -0.1) is 0 Å². The Balaban J connectivity index is 1.77. The van der Waals surface area contributed by atoms with Gasteiger partial charge in [0.1, 0.15) is 5.82 Å². The summed E-state index contributed by atoms with van der Waals surface area (Å²) < 4.78 is 2.05. The fraction of sp³-hybridized carbons (Fsp3) is 0.333. The van der Waals surface area contributed by atoms with Crippen molar-refractivity contribution in [2.45, 2.75) is 17.7 Å². The number of piperidine rings is 1. The minimum Gasteiger partial charge on any atom is -0.356 e. The largest absolute Gasteiger partial charge is 0.356 e. The monoisotopic (exact) mass is 330 g/mol. The molecule has 3 aromatic rings. The maximum Gasteiger partial charge on any atom is 0.236 e. The van der Waals surface area contributed by atoms with Gasteiger partial charge in [-0.3, -0.25) is 4.40 Å². The van der Waals surface area contributed by atoms with Crippen LogP contribution in [0.15, 0.2) is 36.5 Å². The summed E-state index contributed by atoms with van der Waals surface area (Å²) in [5.74, 6) is 1.82. The number of alkyl halides is 1. The molecule has 1 saturated heterocycles. The van der Waals surface area contributed by atoms with Gasteiger partial charge in [-0.1, -0.05) is 28.1 Å². The van der Waals surface area contributed by atoms with Crippen LogP contribution in [0.3, 0.4) is 0 Å². The number of anilines is 1. The van der Waals surface area contributed by atoms with E-state index >= 15 is 0 Å². The zero-order chi connectivity index (χ0) is 13.5. The summed E-state index contributed by atoms with van der Waals surface area (Å²) >= 11 is 3.69. The first-order valence-corrected chi connectivity index (χ1v) is 7.86. The van der Waals surface area contributed by atoms with Crippen molar-refractivity contribution in [3.8, 4) is 0 Å². The summed E-state index contributed by atoms with van der Waals surface area (Å²) in [5.41, 5.74) is 2.11. The van der Waals surface area contributed by atoms with Crippen LogP contribution in [0, 0.1) is 0 Å². The molecule has 0 amide bonds. The Morgan fingerprint density at radius 1 is 1.05 bits per heavy atom. The average Bonchev–Trinajstić information content (AvgIpc) is 2.85. The van der Waals surface area contributed by atoms with Crippen LogP contribution in [0.2, 0.25) is 0 Å². The molecule has 4 nitrogen and oxygen atoms in total. The van der Waals surface area contributed by atoms with Crippen molar-refractivity contribution in [3.05, 3.63) is 36.5 Å². The Morgan fingerprint density at radius 2 is 1.85 bits per heavy atom. The lowest BCUT2D eigenvalue weighted by Crippen LogP contribution is -2.34. The van der Waals surface area contributed by atoms with Crippen molar-refractivity contribution in [1.29, 1.82) is 0 Å². The van der Waals surface area contributed by atoms with Crippen molar-refractivity contribution in [3.63, 3.8) is 0 Å². The SMILES string of the molecule is BrC1CCN(c2ccn3c(n2)nc2ccccc23)CC1. The molecule has 0 saturated carbocycles. The van der Waals surface area contributed by atoms with Gasteiger partial charge in [-0.05, 0) is 31.0 Å². The zero-order valence-electron chi connectivity index (χ0n) is 11.0. The van der Waals surface area contributed by atoms with E-state index in [0.717, 1.165) is 35.7 Å². The summed E-state index contributed by atoms with van der Waals surface area (Å²) in [7, 11) is 0. The van der Waals surface area contributed by atoms with Crippen LogP contribution >= 0.6 is 15.9 Å². The smallest absolute Gasteiger partial charge is 0.236 e. The highest BCUT2D eigenvalue weighted by Crippen LogP contribution is 2.23. The molecule has 0 radical (unpaired) electrons. The van der Waals surface area contributed by atoms with Gasteiger partial charge in [0.05, 0.1) is 11.0 Å². The first kappa shape index (κ1) is 12.1. The summed E-state index contributed by atoms with van der Waals surface area (Å²) in [6.07, 6.45) is 4.42. The molecule has 1 aliphatic heterocycles. The Kier molecular flexibility index (Phi) is 2.88. The van der Waals surface area contributed by atoms with Crippen LogP contribution in [0.4, 0.5) is 5.82 Å². The predicted molar refractivity (Wildman–Crippen MR) is 84.7 cm³/mol. The van der Waals surface area contributed by atoms with Crippen molar-refractivity contribution >= 4 is 38.6 Å². The highest BCUT2D eigenvalue weighted by molar-refractivity contribution is 9.09. The quantitative estimate of drug-likeness (QED) is 0.642. The lowest BCUT2D eigenvalue weighted by molar-refractivity contribution is 0.592. The number of benzene rings is 1. The number of para-hydroxylation sites is 2. The number of hydrogen-bond donors (Lipinski definition) is 0. The van der Waals surface area contributed by atoms with Gasteiger partial charge in [-0.2, -0.15) is 4.98 Å². The van der Waals surface area contributed by atoms with Gasteiger partial charge >= 0.3 is 0 Å². The molecule has 1 fully saturated rings. The molecule has 102 valence electrons. The van der Waals surface area contributed by atoms with Gasteiger partial charge in [0.15, 0.2) is 0 Å². The highest BCUT2D eigenvalue weighted by Gasteiger charge is 2.18. The van der Waals surface area contributed by atoms with E-state index in [1.54, 1.807) is 0 Å². The second-order valence-electron chi connectivity index (χ2n) is 5.22. The first-order chi connectivity index (χ1) is 9.81. The molecule has 0 atom stereocenters. The maximum atomic E-state index is 4.72. The maximum absolute atomic E-state index is 4.72. The number of imidazole rings is 1. The molecule has 4 rings (SSSR count). The normalized spacial score (nSPS) is 17.1. The molecule has 3 heterocycles. The van der Waals surface area contributed by atoms with Crippen LogP contribution in [-0.4, -0.2) is 32.3 Å². The van der Waals surface area contributed by atoms with Crippen molar-refractivity contribution in [1.82, 2.24) is 14.4 Å². The zero-order valence-corrected chi connectivity index (χ0v) is 12.6. The van der Waals surface area contributed by atoms with Crippen molar-refractivity contribution in [2.75, 3.05) is 18.0 Å². The lowest BCUT2D eigenvalue weighted by Gasteiger charge is -2.30. The Hall–Kier alpha value is -1.62. The number of aromatic nitrogens is 3. The first-order valence-electron chi connectivity index (χ1n) is 6.94. The minimum atomic E-state index is 0.650. The van der Waals surface area contributed by atoms with E-state index in [1.165, 1.54) is 12.8 Å². The lowest BCUT2D eigenvalue weighted by atomic mass is 10.1. The van der Waals surface area contributed by atoms with E-state index in [1.807, 2.05) is 18.2 Å². The molecular weight excluding hydrogens is 316 g/mol. The van der Waals surface area contributed by atoms with Gasteiger partial charge in [0, 0.05) is 24.1 Å². The fourth-order valence-corrected chi connectivity index (χ4v) is 3.20. The Bertz CT molecular complexity index is 759. The molecule has 1 aromatic carbocycles. The van der Waals surface area contributed by atoms with Crippen LogP contribution in [-0.2, 0) is 0 Å². The van der Waals surface area contributed by atoms with Gasteiger partial charge in [-0.25, -0.2) is 4.98 Å². The van der Waals surface area contributed by atoms with E-state index in [9.17, 15) is 0 Å². The summed E-state index contributed by atoms with van der Waals surface area (Å²) in [4.78, 5) is 12.3. The third-order valence-corrected chi connectivity index (χ3v) is 4.83. The van der Waals surface area contributed by atoms with E-state index in [-0.39, 0.29) is 0 Å². The molecule has 2 aromatic heterocycles. The van der Waals surface area contributed by atoms with Crippen molar-refractivity contribution in [2.24, 2.45) is 0 Å². The van der Waals surface area contributed by atoms with E-state index in [4.69, 9.17) is 4.98 Å². The third-order valence-electron chi connectivity index (χ3n) is 3.91. The van der Waals surface area contributed by atoms with E-state index in [0.29, 0.717) is 4.83 Å². The molecule has 0 unspecified atom stereocenters. The second kappa shape index (κ2) is 4.74. The number of halogens is 1. The second-order valence-corrected chi connectivity index (χ2v) is 6.51. The summed E-state index contributed by atoms with van der Waals surface area (Å²) in [6, 6.07) is 10.2. The van der Waals surface area contributed by atoms with Crippen LogP contribution in [0.1, 0.15) is 12.8 Å². The Labute approximate surface area is 125 Å². The molecule has 1 aliphatic rings. The van der Waals surface area contributed by atoms with E-state index < -0.39 is 0 Å². The van der Waals surface area contributed by atoms with Gasteiger partial charge in [0.2, 0.25) is 5.78 Å². The predicted octanol–water partition coefficient (Wildman–Crippen LogP) is 3.25. The number of nitrogens with zero attached hydrogens (tertiary/aromatic N) is 4. The fourth-order valence-electron chi connectivity index (χ4n) is 2.79. The van der Waals surface area contributed by atoms with Crippen LogP contribution in [0.5, 0.6) is 0 Å². The Morgan fingerprint density at radius 3 is 2.70 bits per heavy atom. The number of rotatable bonds is 1. The molecule has 0 bridgehead atoms.